The second-order valence-corrected chi connectivity index (χ2v) is 6.95. The lowest BCUT2D eigenvalue weighted by Gasteiger charge is -2.23. The molecule has 0 aliphatic rings. The number of sulfonamides is 1. The molecule has 2 aromatic carbocycles. The number of carbonyl (C=O) groups excluding carboxylic acids is 1. The van der Waals surface area contributed by atoms with E-state index in [-0.39, 0.29) is 23.4 Å². The minimum absolute atomic E-state index is 0.0198. The lowest BCUT2D eigenvalue weighted by Crippen LogP contribution is -2.29. The van der Waals surface area contributed by atoms with Gasteiger partial charge in [-0.1, -0.05) is 6.07 Å². The molecule has 0 spiro atoms. The van der Waals surface area contributed by atoms with Gasteiger partial charge in [-0.3, -0.25) is 4.31 Å². The molecule has 0 N–H and O–H groups in total. The predicted molar refractivity (Wildman–Crippen MR) is 85.2 cm³/mol. The maximum Gasteiger partial charge on any atom is 0.337 e. The molecule has 128 valence electrons. The van der Waals surface area contributed by atoms with Crippen LogP contribution in [0.3, 0.4) is 0 Å². The maximum atomic E-state index is 14.2. The normalized spacial score (nSPS) is 11.2. The van der Waals surface area contributed by atoms with E-state index in [0.29, 0.717) is 0 Å². The first-order chi connectivity index (χ1) is 11.2. The van der Waals surface area contributed by atoms with Gasteiger partial charge < -0.3 is 4.74 Å². The van der Waals surface area contributed by atoms with Crippen LogP contribution in [0.1, 0.15) is 15.9 Å². The summed E-state index contributed by atoms with van der Waals surface area (Å²) >= 11 is 0. The standard InChI is InChI=1S/C16H15F2NO4S/c1-23-16(20)11-3-4-12(15(18)9-11)10-19(24(2,21)22)14-7-5-13(17)6-8-14/h3-9H,10H2,1-2H3. The number of halogens is 2. The summed E-state index contributed by atoms with van der Waals surface area (Å²) in [7, 11) is -2.55. The van der Waals surface area contributed by atoms with Crippen molar-refractivity contribution >= 4 is 21.7 Å². The van der Waals surface area contributed by atoms with E-state index >= 15 is 0 Å². The second-order valence-electron chi connectivity index (χ2n) is 5.04. The van der Waals surface area contributed by atoms with Gasteiger partial charge in [-0.2, -0.15) is 0 Å². The van der Waals surface area contributed by atoms with E-state index in [1.165, 1.54) is 31.4 Å². The zero-order chi connectivity index (χ0) is 17.9. The second kappa shape index (κ2) is 6.96. The highest BCUT2D eigenvalue weighted by Crippen LogP contribution is 2.22. The number of anilines is 1. The Bertz CT molecular complexity index is 851. The number of rotatable bonds is 5. The molecule has 5 nitrogen and oxygen atoms in total. The molecule has 0 atom stereocenters. The summed E-state index contributed by atoms with van der Waals surface area (Å²) in [6.07, 6.45) is 0.969. The van der Waals surface area contributed by atoms with Crippen molar-refractivity contribution < 1.29 is 26.7 Å². The van der Waals surface area contributed by atoms with E-state index in [9.17, 15) is 22.0 Å². The van der Waals surface area contributed by atoms with Crippen LogP contribution in [0, 0.1) is 11.6 Å². The van der Waals surface area contributed by atoms with Crippen LogP contribution in [0.5, 0.6) is 0 Å². The monoisotopic (exact) mass is 355 g/mol. The Morgan fingerprint density at radius 3 is 2.25 bits per heavy atom. The Morgan fingerprint density at radius 1 is 1.12 bits per heavy atom. The molecule has 0 bridgehead atoms. The Morgan fingerprint density at radius 2 is 1.75 bits per heavy atom. The van der Waals surface area contributed by atoms with Gasteiger partial charge in [0.25, 0.3) is 0 Å². The molecule has 8 heteroatoms. The van der Waals surface area contributed by atoms with E-state index in [2.05, 4.69) is 4.74 Å². The minimum atomic E-state index is -3.72. The third kappa shape index (κ3) is 4.08. The van der Waals surface area contributed by atoms with Crippen molar-refractivity contribution in [2.75, 3.05) is 17.7 Å². The summed E-state index contributed by atoms with van der Waals surface area (Å²) in [5, 5.41) is 0. The first-order valence-electron chi connectivity index (χ1n) is 6.82. The van der Waals surface area contributed by atoms with E-state index in [1.807, 2.05) is 0 Å². The van der Waals surface area contributed by atoms with Crippen molar-refractivity contribution in [1.29, 1.82) is 0 Å². The number of ether oxygens (including phenoxy) is 1. The SMILES string of the molecule is COC(=O)c1ccc(CN(c2ccc(F)cc2)S(C)(=O)=O)c(F)c1. The van der Waals surface area contributed by atoms with Gasteiger partial charge in [0.05, 0.1) is 31.2 Å². The lowest BCUT2D eigenvalue weighted by atomic mass is 10.1. The molecule has 0 saturated heterocycles. The van der Waals surface area contributed by atoms with Crippen LogP contribution < -0.4 is 4.31 Å². The van der Waals surface area contributed by atoms with Crippen molar-refractivity contribution in [2.45, 2.75) is 6.54 Å². The Labute approximate surface area is 138 Å². The van der Waals surface area contributed by atoms with E-state index in [4.69, 9.17) is 0 Å². The van der Waals surface area contributed by atoms with E-state index in [1.54, 1.807) is 0 Å². The molecular weight excluding hydrogens is 340 g/mol. The summed E-state index contributed by atoms with van der Waals surface area (Å²) in [6.45, 7) is -0.294. The smallest absolute Gasteiger partial charge is 0.337 e. The molecule has 0 saturated carbocycles. The van der Waals surface area contributed by atoms with Gasteiger partial charge >= 0.3 is 5.97 Å². The molecule has 0 fully saturated rings. The maximum absolute atomic E-state index is 14.2. The van der Waals surface area contributed by atoms with Crippen molar-refractivity contribution in [3.63, 3.8) is 0 Å². The van der Waals surface area contributed by atoms with Crippen molar-refractivity contribution in [1.82, 2.24) is 0 Å². The predicted octanol–water partition coefficient (Wildman–Crippen LogP) is 2.72. The zero-order valence-corrected chi connectivity index (χ0v) is 13.8. The average Bonchev–Trinajstić information content (AvgIpc) is 2.53. The zero-order valence-electron chi connectivity index (χ0n) is 13.0. The van der Waals surface area contributed by atoms with Crippen LogP contribution in [-0.2, 0) is 21.3 Å². The van der Waals surface area contributed by atoms with Crippen LogP contribution in [0.2, 0.25) is 0 Å². The van der Waals surface area contributed by atoms with Crippen LogP contribution in [0.25, 0.3) is 0 Å². The van der Waals surface area contributed by atoms with Gasteiger partial charge in [-0.25, -0.2) is 22.0 Å². The number of esters is 1. The van der Waals surface area contributed by atoms with Crippen LogP contribution in [-0.4, -0.2) is 27.8 Å². The molecule has 0 aliphatic heterocycles. The third-order valence-corrected chi connectivity index (χ3v) is 4.44. The third-order valence-electron chi connectivity index (χ3n) is 3.30. The van der Waals surface area contributed by atoms with Crippen molar-refractivity contribution in [3.8, 4) is 0 Å². The fourth-order valence-corrected chi connectivity index (χ4v) is 2.96. The summed E-state index contributed by atoms with van der Waals surface area (Å²) in [5.74, 6) is -1.95. The number of nitrogens with zero attached hydrogens (tertiary/aromatic N) is 1. The van der Waals surface area contributed by atoms with Gasteiger partial charge in [0, 0.05) is 5.56 Å². The first-order valence-corrected chi connectivity index (χ1v) is 8.67. The summed E-state index contributed by atoms with van der Waals surface area (Å²) in [5.41, 5.74) is 0.291. The highest BCUT2D eigenvalue weighted by molar-refractivity contribution is 7.92. The van der Waals surface area contributed by atoms with E-state index in [0.717, 1.165) is 28.8 Å². The molecule has 2 rings (SSSR count). The largest absolute Gasteiger partial charge is 0.465 e. The summed E-state index contributed by atoms with van der Waals surface area (Å²) < 4.78 is 56.6. The van der Waals surface area contributed by atoms with Crippen LogP contribution >= 0.6 is 0 Å². The van der Waals surface area contributed by atoms with Gasteiger partial charge in [-0.05, 0) is 36.4 Å². The van der Waals surface area contributed by atoms with Gasteiger partial charge in [0.1, 0.15) is 11.6 Å². The molecule has 2 aromatic rings. The average molecular weight is 355 g/mol. The lowest BCUT2D eigenvalue weighted by molar-refractivity contribution is 0.0600. The molecule has 0 heterocycles. The van der Waals surface area contributed by atoms with Gasteiger partial charge in [0.2, 0.25) is 10.0 Å². The number of hydrogen-bond acceptors (Lipinski definition) is 4. The topological polar surface area (TPSA) is 63.7 Å². The molecule has 0 aromatic heterocycles. The summed E-state index contributed by atoms with van der Waals surface area (Å²) in [4.78, 5) is 11.4. The Balaban J connectivity index is 2.37. The van der Waals surface area contributed by atoms with E-state index < -0.39 is 27.6 Å². The molecule has 24 heavy (non-hydrogen) atoms. The summed E-state index contributed by atoms with van der Waals surface area (Å²) in [6, 6.07) is 8.44. The number of hydrogen-bond donors (Lipinski definition) is 0. The Kier molecular flexibility index (Phi) is 5.18. The van der Waals surface area contributed by atoms with Crippen LogP contribution in [0.15, 0.2) is 42.5 Å². The molecule has 0 amide bonds. The molecule has 0 aliphatic carbocycles. The number of carbonyl (C=O) groups is 1. The Hall–Kier alpha value is -2.48. The minimum Gasteiger partial charge on any atom is -0.465 e. The van der Waals surface area contributed by atoms with Crippen molar-refractivity contribution in [3.05, 3.63) is 65.2 Å². The number of benzene rings is 2. The van der Waals surface area contributed by atoms with Gasteiger partial charge in [0.15, 0.2) is 0 Å². The fourth-order valence-electron chi connectivity index (χ4n) is 2.08. The number of methoxy groups -OCH3 is 1. The first kappa shape index (κ1) is 17.9. The molecular formula is C16H15F2NO4S. The highest BCUT2D eigenvalue weighted by Gasteiger charge is 2.20. The highest BCUT2D eigenvalue weighted by atomic mass is 32.2. The fraction of sp³-hybridized carbons (Fsp3) is 0.188. The van der Waals surface area contributed by atoms with Gasteiger partial charge in [-0.15, -0.1) is 0 Å². The quantitative estimate of drug-likeness (QED) is 0.774. The molecule has 0 unspecified atom stereocenters. The van der Waals surface area contributed by atoms with Crippen molar-refractivity contribution in [2.24, 2.45) is 0 Å². The molecule has 0 radical (unpaired) electrons. The van der Waals surface area contributed by atoms with Crippen LogP contribution in [0.4, 0.5) is 14.5 Å².